The van der Waals surface area contributed by atoms with E-state index in [0.717, 1.165) is 18.0 Å². The summed E-state index contributed by atoms with van der Waals surface area (Å²) in [5.41, 5.74) is 2.28. The maximum Gasteiger partial charge on any atom is 0.119 e. The van der Waals surface area contributed by atoms with E-state index in [9.17, 15) is 0 Å². The van der Waals surface area contributed by atoms with E-state index >= 15 is 0 Å². The number of nitrogens with one attached hydrogen (secondary N) is 1. The summed E-state index contributed by atoms with van der Waals surface area (Å²) in [7, 11) is 3.34. The van der Waals surface area contributed by atoms with Gasteiger partial charge in [-0.25, -0.2) is 0 Å². The Hall–Kier alpha value is -1.26. The molecule has 0 saturated heterocycles. The quantitative estimate of drug-likeness (QED) is 0.705. The third kappa shape index (κ3) is 5.06. The van der Waals surface area contributed by atoms with Crippen molar-refractivity contribution in [2.45, 2.75) is 6.92 Å². The van der Waals surface area contributed by atoms with Crippen LogP contribution in [0.1, 0.15) is 5.56 Å². The van der Waals surface area contributed by atoms with Gasteiger partial charge in [0.1, 0.15) is 5.75 Å². The van der Waals surface area contributed by atoms with Crippen LogP contribution in [0.4, 0.5) is 5.69 Å². The van der Waals surface area contributed by atoms with Gasteiger partial charge in [0, 0.05) is 19.3 Å². The summed E-state index contributed by atoms with van der Waals surface area (Å²) >= 11 is 0. The molecular weight excluding hydrogens is 218 g/mol. The van der Waals surface area contributed by atoms with Gasteiger partial charge in [-0.1, -0.05) is 0 Å². The highest BCUT2D eigenvalue weighted by atomic mass is 16.5. The van der Waals surface area contributed by atoms with E-state index < -0.39 is 0 Å². The number of ether oxygens (including phenoxy) is 3. The van der Waals surface area contributed by atoms with Crippen LogP contribution in [0.25, 0.3) is 0 Å². The van der Waals surface area contributed by atoms with Gasteiger partial charge in [-0.05, 0) is 30.7 Å². The molecule has 0 aliphatic carbocycles. The molecule has 1 rings (SSSR count). The van der Waals surface area contributed by atoms with Gasteiger partial charge in [0.15, 0.2) is 0 Å². The van der Waals surface area contributed by atoms with Crippen molar-refractivity contribution in [3.05, 3.63) is 23.8 Å². The van der Waals surface area contributed by atoms with Crippen LogP contribution in [-0.2, 0) is 9.47 Å². The van der Waals surface area contributed by atoms with Gasteiger partial charge in [-0.3, -0.25) is 0 Å². The molecule has 4 heteroatoms. The Bertz CT molecular complexity index is 328. The van der Waals surface area contributed by atoms with Crippen molar-refractivity contribution in [2.24, 2.45) is 0 Å². The van der Waals surface area contributed by atoms with E-state index in [0.29, 0.717) is 19.8 Å². The monoisotopic (exact) mass is 239 g/mol. The number of anilines is 1. The van der Waals surface area contributed by atoms with E-state index in [-0.39, 0.29) is 0 Å². The molecule has 0 amide bonds. The fraction of sp³-hybridized carbons (Fsp3) is 0.538. The molecule has 0 atom stereocenters. The normalized spacial score (nSPS) is 10.3. The molecule has 96 valence electrons. The molecule has 1 aromatic rings. The minimum absolute atomic E-state index is 0.639. The van der Waals surface area contributed by atoms with Crippen LogP contribution in [-0.4, -0.2) is 40.6 Å². The summed E-state index contributed by atoms with van der Waals surface area (Å²) in [6, 6.07) is 5.97. The Labute approximate surface area is 103 Å². The van der Waals surface area contributed by atoms with E-state index in [1.165, 1.54) is 5.56 Å². The zero-order chi connectivity index (χ0) is 12.5. The molecule has 0 heterocycles. The second-order valence-electron chi connectivity index (χ2n) is 3.71. The van der Waals surface area contributed by atoms with Gasteiger partial charge in [0.2, 0.25) is 0 Å². The summed E-state index contributed by atoms with van der Waals surface area (Å²) in [6.45, 7) is 4.80. The Morgan fingerprint density at radius 1 is 1.12 bits per heavy atom. The fourth-order valence-corrected chi connectivity index (χ4v) is 1.46. The molecule has 0 saturated carbocycles. The summed E-state index contributed by atoms with van der Waals surface area (Å²) in [6.07, 6.45) is 0. The zero-order valence-corrected chi connectivity index (χ0v) is 10.8. The number of rotatable bonds is 8. The molecule has 0 unspecified atom stereocenters. The number of benzene rings is 1. The molecule has 0 aliphatic heterocycles. The first-order valence-electron chi connectivity index (χ1n) is 5.73. The topological polar surface area (TPSA) is 39.7 Å². The number of hydrogen-bond acceptors (Lipinski definition) is 4. The number of aryl methyl sites for hydroxylation is 1. The molecule has 0 fully saturated rings. The summed E-state index contributed by atoms with van der Waals surface area (Å²) in [5.74, 6) is 0.879. The second-order valence-corrected chi connectivity index (χ2v) is 3.71. The van der Waals surface area contributed by atoms with Crippen LogP contribution < -0.4 is 10.1 Å². The fourth-order valence-electron chi connectivity index (χ4n) is 1.46. The largest absolute Gasteiger partial charge is 0.497 e. The molecular formula is C13H21NO3. The van der Waals surface area contributed by atoms with Crippen LogP contribution in [0.3, 0.4) is 0 Å². The van der Waals surface area contributed by atoms with E-state index in [2.05, 4.69) is 12.2 Å². The van der Waals surface area contributed by atoms with Gasteiger partial charge in [0.25, 0.3) is 0 Å². The van der Waals surface area contributed by atoms with Gasteiger partial charge in [0.05, 0.1) is 26.9 Å². The first-order chi connectivity index (χ1) is 8.27. The number of methoxy groups -OCH3 is 2. The van der Waals surface area contributed by atoms with E-state index in [1.807, 2.05) is 18.2 Å². The van der Waals surface area contributed by atoms with Crippen molar-refractivity contribution in [3.8, 4) is 5.75 Å². The van der Waals surface area contributed by atoms with Crippen molar-refractivity contribution in [2.75, 3.05) is 45.9 Å². The SMILES string of the molecule is COCCOCCNc1ccc(OC)cc1C. The zero-order valence-electron chi connectivity index (χ0n) is 10.8. The Kier molecular flexibility index (Phi) is 6.43. The molecule has 4 nitrogen and oxygen atoms in total. The average molecular weight is 239 g/mol. The first kappa shape index (κ1) is 13.8. The molecule has 0 bridgehead atoms. The summed E-state index contributed by atoms with van der Waals surface area (Å²) < 4.78 is 15.4. The Morgan fingerprint density at radius 2 is 1.94 bits per heavy atom. The van der Waals surface area contributed by atoms with Gasteiger partial charge >= 0.3 is 0 Å². The molecule has 1 N–H and O–H groups in total. The van der Waals surface area contributed by atoms with Crippen molar-refractivity contribution >= 4 is 5.69 Å². The number of hydrogen-bond donors (Lipinski definition) is 1. The van der Waals surface area contributed by atoms with Gasteiger partial charge in [-0.15, -0.1) is 0 Å². The minimum atomic E-state index is 0.639. The van der Waals surface area contributed by atoms with Gasteiger partial charge in [-0.2, -0.15) is 0 Å². The standard InChI is InChI=1S/C13H21NO3/c1-11-10-12(16-3)4-5-13(11)14-6-7-17-9-8-15-2/h4-5,10,14H,6-9H2,1-3H3. The van der Waals surface area contributed by atoms with E-state index in [4.69, 9.17) is 14.2 Å². The van der Waals surface area contributed by atoms with Crippen molar-refractivity contribution in [1.82, 2.24) is 0 Å². The predicted molar refractivity (Wildman–Crippen MR) is 68.9 cm³/mol. The third-order valence-electron chi connectivity index (χ3n) is 2.43. The maximum atomic E-state index is 5.37. The second kappa shape index (κ2) is 7.92. The lowest BCUT2D eigenvalue weighted by Crippen LogP contribution is -2.12. The highest BCUT2D eigenvalue weighted by Gasteiger charge is 1.99. The summed E-state index contributed by atoms with van der Waals surface area (Å²) in [4.78, 5) is 0. The van der Waals surface area contributed by atoms with Crippen LogP contribution in [0.5, 0.6) is 5.75 Å². The molecule has 0 radical (unpaired) electrons. The summed E-state index contributed by atoms with van der Waals surface area (Å²) in [5, 5.41) is 3.32. The van der Waals surface area contributed by atoms with Crippen LogP contribution in [0.15, 0.2) is 18.2 Å². The third-order valence-corrected chi connectivity index (χ3v) is 2.43. The maximum absolute atomic E-state index is 5.37. The molecule has 0 aromatic heterocycles. The van der Waals surface area contributed by atoms with Crippen LogP contribution in [0, 0.1) is 6.92 Å². The molecule has 0 aliphatic rings. The van der Waals surface area contributed by atoms with Crippen LogP contribution in [0.2, 0.25) is 0 Å². The van der Waals surface area contributed by atoms with E-state index in [1.54, 1.807) is 14.2 Å². The van der Waals surface area contributed by atoms with Crippen LogP contribution >= 0.6 is 0 Å². The average Bonchev–Trinajstić information content (AvgIpc) is 2.35. The molecule has 17 heavy (non-hydrogen) atoms. The lowest BCUT2D eigenvalue weighted by Gasteiger charge is -2.11. The van der Waals surface area contributed by atoms with Crippen molar-refractivity contribution in [3.63, 3.8) is 0 Å². The Morgan fingerprint density at radius 3 is 2.59 bits per heavy atom. The predicted octanol–water partition coefficient (Wildman–Crippen LogP) is 2.08. The lowest BCUT2D eigenvalue weighted by molar-refractivity contribution is 0.0759. The smallest absolute Gasteiger partial charge is 0.119 e. The highest BCUT2D eigenvalue weighted by molar-refractivity contribution is 5.53. The highest BCUT2D eigenvalue weighted by Crippen LogP contribution is 2.20. The molecule has 0 spiro atoms. The molecule has 1 aromatic carbocycles. The lowest BCUT2D eigenvalue weighted by atomic mass is 10.2. The first-order valence-corrected chi connectivity index (χ1v) is 5.73. The van der Waals surface area contributed by atoms with Crippen molar-refractivity contribution < 1.29 is 14.2 Å². The van der Waals surface area contributed by atoms with Gasteiger partial charge < -0.3 is 19.5 Å². The van der Waals surface area contributed by atoms with Crippen molar-refractivity contribution in [1.29, 1.82) is 0 Å². The minimum Gasteiger partial charge on any atom is -0.497 e. The Balaban J connectivity index is 2.27.